The first-order valence-electron chi connectivity index (χ1n) is 7.81. The summed E-state index contributed by atoms with van der Waals surface area (Å²) in [5, 5.41) is 21.9. The minimum absolute atomic E-state index is 0.132. The fourth-order valence-electron chi connectivity index (χ4n) is 2.41. The number of carbonyl (C=O) groups is 2. The Hall–Kier alpha value is -2.82. The highest BCUT2D eigenvalue weighted by atomic mass is 16.4. The summed E-state index contributed by atoms with van der Waals surface area (Å²) in [5.74, 6) is -1.26. The van der Waals surface area contributed by atoms with Crippen LogP contribution in [0, 0.1) is 6.92 Å². The lowest BCUT2D eigenvalue weighted by atomic mass is 9.98. The highest BCUT2D eigenvalue weighted by molar-refractivity contribution is 5.83. The number of aliphatic carboxylic acids is 1. The Bertz CT molecular complexity index is 738. The molecule has 0 heterocycles. The Morgan fingerprint density at radius 1 is 1.12 bits per heavy atom. The van der Waals surface area contributed by atoms with E-state index >= 15 is 0 Å². The minimum Gasteiger partial charge on any atom is -0.507 e. The van der Waals surface area contributed by atoms with Gasteiger partial charge in [-0.15, -0.1) is 0 Å². The van der Waals surface area contributed by atoms with E-state index in [2.05, 4.69) is 5.32 Å². The molecule has 5 heteroatoms. The van der Waals surface area contributed by atoms with Crippen LogP contribution in [0.15, 0.2) is 42.5 Å². The third-order valence-corrected chi connectivity index (χ3v) is 3.82. The summed E-state index contributed by atoms with van der Waals surface area (Å²) in [5.41, 5.74) is 3.33. The maximum atomic E-state index is 11.5. The van der Waals surface area contributed by atoms with Gasteiger partial charge in [0.1, 0.15) is 11.8 Å². The molecule has 0 saturated heterocycles. The Morgan fingerprint density at radius 2 is 1.79 bits per heavy atom. The first-order valence-corrected chi connectivity index (χ1v) is 7.81. The van der Waals surface area contributed by atoms with E-state index in [0.29, 0.717) is 5.56 Å². The van der Waals surface area contributed by atoms with Crippen LogP contribution < -0.4 is 5.32 Å². The minimum atomic E-state index is -1.08. The highest BCUT2D eigenvalue weighted by Crippen LogP contribution is 2.30. The van der Waals surface area contributed by atoms with Crippen molar-refractivity contribution in [2.24, 2.45) is 0 Å². The molecule has 0 aliphatic rings. The highest BCUT2D eigenvalue weighted by Gasteiger charge is 2.20. The van der Waals surface area contributed by atoms with E-state index in [1.807, 2.05) is 31.2 Å². The van der Waals surface area contributed by atoms with Crippen LogP contribution in [0.5, 0.6) is 5.75 Å². The summed E-state index contributed by atoms with van der Waals surface area (Å²) in [4.78, 5) is 22.8. The van der Waals surface area contributed by atoms with Crippen LogP contribution in [0.1, 0.15) is 24.5 Å². The first kappa shape index (κ1) is 17.5. The van der Waals surface area contributed by atoms with Crippen molar-refractivity contribution < 1.29 is 19.8 Å². The number of carboxylic acids is 1. The van der Waals surface area contributed by atoms with Crippen molar-refractivity contribution in [3.8, 4) is 16.9 Å². The van der Waals surface area contributed by atoms with E-state index in [1.165, 1.54) is 0 Å². The summed E-state index contributed by atoms with van der Waals surface area (Å²) in [6.45, 7) is 3.65. The monoisotopic (exact) mass is 327 g/mol. The lowest BCUT2D eigenvalue weighted by molar-refractivity contribution is -0.141. The van der Waals surface area contributed by atoms with Gasteiger partial charge in [0.05, 0.1) is 0 Å². The molecule has 1 amide bonds. The van der Waals surface area contributed by atoms with E-state index < -0.39 is 12.0 Å². The van der Waals surface area contributed by atoms with Gasteiger partial charge in [-0.1, -0.05) is 42.8 Å². The van der Waals surface area contributed by atoms with E-state index in [9.17, 15) is 19.8 Å². The zero-order valence-electron chi connectivity index (χ0n) is 13.7. The maximum absolute atomic E-state index is 11.5. The van der Waals surface area contributed by atoms with Crippen LogP contribution >= 0.6 is 0 Å². The van der Waals surface area contributed by atoms with Gasteiger partial charge in [0.25, 0.3) is 0 Å². The third kappa shape index (κ3) is 4.35. The van der Waals surface area contributed by atoms with E-state index in [1.54, 1.807) is 25.1 Å². The number of hydrogen-bond acceptors (Lipinski definition) is 3. The Morgan fingerprint density at radius 3 is 2.38 bits per heavy atom. The van der Waals surface area contributed by atoms with Gasteiger partial charge < -0.3 is 15.5 Å². The van der Waals surface area contributed by atoms with Crippen LogP contribution in [-0.2, 0) is 16.0 Å². The van der Waals surface area contributed by atoms with Gasteiger partial charge in [-0.2, -0.15) is 0 Å². The van der Waals surface area contributed by atoms with Crippen LogP contribution in [0.4, 0.5) is 0 Å². The van der Waals surface area contributed by atoms with Crippen LogP contribution in [0.25, 0.3) is 11.1 Å². The summed E-state index contributed by atoms with van der Waals surface area (Å²) >= 11 is 0. The SMILES string of the molecule is CCC(=O)NC(Cc1ccc(O)c(-c2ccc(C)cc2)c1)C(=O)O. The zero-order chi connectivity index (χ0) is 17.7. The number of rotatable bonds is 6. The molecule has 0 aliphatic carbocycles. The molecule has 2 aromatic rings. The maximum Gasteiger partial charge on any atom is 0.326 e. The molecule has 0 fully saturated rings. The predicted molar refractivity (Wildman–Crippen MR) is 91.8 cm³/mol. The molecule has 2 aromatic carbocycles. The molecular weight excluding hydrogens is 306 g/mol. The van der Waals surface area contributed by atoms with Crippen molar-refractivity contribution in [1.29, 1.82) is 0 Å². The van der Waals surface area contributed by atoms with Crippen LogP contribution in [-0.4, -0.2) is 28.1 Å². The number of phenolic OH excluding ortho intramolecular Hbond substituents is 1. The molecule has 1 atom stereocenters. The summed E-state index contributed by atoms with van der Waals surface area (Å²) < 4.78 is 0. The zero-order valence-corrected chi connectivity index (χ0v) is 13.7. The smallest absolute Gasteiger partial charge is 0.326 e. The number of phenols is 1. The number of aromatic hydroxyl groups is 1. The molecule has 126 valence electrons. The first-order chi connectivity index (χ1) is 11.4. The average molecular weight is 327 g/mol. The second kappa shape index (κ2) is 7.64. The molecule has 0 aliphatic heterocycles. The van der Waals surface area contributed by atoms with Crippen molar-refractivity contribution in [3.05, 3.63) is 53.6 Å². The van der Waals surface area contributed by atoms with Gasteiger partial charge in [0, 0.05) is 18.4 Å². The largest absolute Gasteiger partial charge is 0.507 e. The van der Waals surface area contributed by atoms with Gasteiger partial charge in [-0.3, -0.25) is 4.79 Å². The van der Waals surface area contributed by atoms with E-state index in [0.717, 1.165) is 16.7 Å². The molecule has 0 aromatic heterocycles. The molecule has 0 saturated carbocycles. The van der Waals surface area contributed by atoms with Crippen molar-refractivity contribution in [2.45, 2.75) is 32.7 Å². The standard InChI is InChI=1S/C19H21NO4/c1-3-18(22)20-16(19(23)24)11-13-6-9-17(21)15(10-13)14-7-4-12(2)5-8-14/h4-10,16,21H,3,11H2,1-2H3,(H,20,22)(H,23,24). The molecule has 2 rings (SSSR count). The molecule has 24 heavy (non-hydrogen) atoms. The fraction of sp³-hybridized carbons (Fsp3) is 0.263. The number of amides is 1. The summed E-state index contributed by atoms with van der Waals surface area (Å²) in [7, 11) is 0. The average Bonchev–Trinajstić information content (AvgIpc) is 2.56. The Kier molecular flexibility index (Phi) is 5.58. The number of carbonyl (C=O) groups excluding carboxylic acids is 1. The van der Waals surface area contributed by atoms with Crippen molar-refractivity contribution >= 4 is 11.9 Å². The number of carboxylic acid groups (broad SMARTS) is 1. The lowest BCUT2D eigenvalue weighted by Gasteiger charge is -2.15. The molecule has 0 bridgehead atoms. The molecule has 3 N–H and O–H groups in total. The summed E-state index contributed by atoms with van der Waals surface area (Å²) in [6.07, 6.45) is 0.383. The van der Waals surface area contributed by atoms with Gasteiger partial charge in [0.2, 0.25) is 5.91 Å². The van der Waals surface area contributed by atoms with Crippen molar-refractivity contribution in [2.75, 3.05) is 0 Å². The van der Waals surface area contributed by atoms with Crippen LogP contribution in [0.2, 0.25) is 0 Å². The second-order valence-electron chi connectivity index (χ2n) is 5.73. The Labute approximate surface area is 141 Å². The van der Waals surface area contributed by atoms with Gasteiger partial charge in [-0.05, 0) is 30.2 Å². The fourth-order valence-corrected chi connectivity index (χ4v) is 2.41. The quantitative estimate of drug-likeness (QED) is 0.761. The predicted octanol–water partition coefficient (Wildman–Crippen LogP) is 2.89. The number of hydrogen-bond donors (Lipinski definition) is 3. The third-order valence-electron chi connectivity index (χ3n) is 3.82. The molecule has 0 radical (unpaired) electrons. The van der Waals surface area contributed by atoms with Crippen molar-refractivity contribution in [3.63, 3.8) is 0 Å². The van der Waals surface area contributed by atoms with Crippen molar-refractivity contribution in [1.82, 2.24) is 5.32 Å². The second-order valence-corrected chi connectivity index (χ2v) is 5.73. The molecule has 1 unspecified atom stereocenters. The summed E-state index contributed by atoms with van der Waals surface area (Å²) in [6, 6.07) is 11.7. The number of aryl methyl sites for hydroxylation is 1. The lowest BCUT2D eigenvalue weighted by Crippen LogP contribution is -2.42. The number of nitrogens with one attached hydrogen (secondary N) is 1. The van der Waals surface area contributed by atoms with E-state index in [4.69, 9.17) is 0 Å². The normalized spacial score (nSPS) is 11.8. The molecular formula is C19H21NO4. The van der Waals surface area contributed by atoms with Crippen LogP contribution in [0.3, 0.4) is 0 Å². The number of benzene rings is 2. The van der Waals surface area contributed by atoms with E-state index in [-0.39, 0.29) is 24.5 Å². The van der Waals surface area contributed by atoms with Gasteiger partial charge in [0.15, 0.2) is 0 Å². The van der Waals surface area contributed by atoms with Gasteiger partial charge in [-0.25, -0.2) is 4.79 Å². The molecule has 5 nitrogen and oxygen atoms in total. The van der Waals surface area contributed by atoms with Gasteiger partial charge >= 0.3 is 5.97 Å². The topological polar surface area (TPSA) is 86.6 Å². The Balaban J connectivity index is 2.28. The molecule has 0 spiro atoms.